The maximum Gasteiger partial charge on any atom is 0.280 e. The van der Waals surface area contributed by atoms with E-state index in [1.165, 1.54) is 39.4 Å². The van der Waals surface area contributed by atoms with Gasteiger partial charge in [0, 0.05) is 35.9 Å². The van der Waals surface area contributed by atoms with Gasteiger partial charge in [-0.15, -0.1) is 34.9 Å². The number of aromatic nitrogens is 3. The van der Waals surface area contributed by atoms with E-state index in [-0.39, 0.29) is 18.1 Å². The highest BCUT2D eigenvalue weighted by Crippen LogP contribution is 2.48. The number of likely N-dealkylation sites (tertiary alicyclic amines) is 1. The van der Waals surface area contributed by atoms with E-state index < -0.39 is 6.43 Å². The van der Waals surface area contributed by atoms with Crippen molar-refractivity contribution in [2.45, 2.75) is 82.4 Å². The van der Waals surface area contributed by atoms with E-state index in [4.69, 9.17) is 4.98 Å². The zero-order valence-corrected chi connectivity index (χ0v) is 25.0. The SMILES string of the molecule is Cc1cc(C(F)F)n(CC(=O)N2CCC(c3nc(C4SCc5c(C)c(C)c(C)c(C)c5CS4)cs3)CC2)n1. The summed E-state index contributed by atoms with van der Waals surface area (Å²) in [5, 5.41) is 7.46. The van der Waals surface area contributed by atoms with Crippen LogP contribution >= 0.6 is 34.9 Å². The normalized spacial score (nSPS) is 17.2. The van der Waals surface area contributed by atoms with Crippen LogP contribution in [0.15, 0.2) is 11.4 Å². The van der Waals surface area contributed by atoms with Gasteiger partial charge in [-0.3, -0.25) is 9.48 Å². The maximum atomic E-state index is 13.3. The zero-order chi connectivity index (χ0) is 27.1. The molecule has 2 aromatic heterocycles. The van der Waals surface area contributed by atoms with Crippen molar-refractivity contribution in [2.75, 3.05) is 13.1 Å². The van der Waals surface area contributed by atoms with Gasteiger partial charge in [0.15, 0.2) is 0 Å². The Hall–Kier alpha value is -1.91. The first-order chi connectivity index (χ1) is 18.1. The third-order valence-corrected chi connectivity index (χ3v) is 12.0. The van der Waals surface area contributed by atoms with Crippen LogP contribution in [0.4, 0.5) is 8.78 Å². The van der Waals surface area contributed by atoms with E-state index >= 15 is 0 Å². The molecule has 0 aliphatic carbocycles. The topological polar surface area (TPSA) is 51.0 Å². The molecule has 0 bridgehead atoms. The summed E-state index contributed by atoms with van der Waals surface area (Å²) in [5.74, 6) is 2.19. The Kier molecular flexibility index (Phi) is 8.22. The van der Waals surface area contributed by atoms with Crippen LogP contribution in [-0.2, 0) is 22.8 Å². The molecule has 1 saturated heterocycles. The van der Waals surface area contributed by atoms with Gasteiger partial charge >= 0.3 is 0 Å². The van der Waals surface area contributed by atoms with Crippen molar-refractivity contribution in [2.24, 2.45) is 0 Å². The summed E-state index contributed by atoms with van der Waals surface area (Å²) in [4.78, 5) is 19.7. The minimum Gasteiger partial charge on any atom is -0.341 e. The number of amides is 1. The molecular weight excluding hydrogens is 543 g/mol. The molecule has 5 rings (SSSR count). The smallest absolute Gasteiger partial charge is 0.280 e. The fourth-order valence-corrected chi connectivity index (χ4v) is 9.45. The van der Waals surface area contributed by atoms with Crippen molar-refractivity contribution in [3.63, 3.8) is 0 Å². The Labute approximate surface area is 235 Å². The van der Waals surface area contributed by atoms with E-state index in [9.17, 15) is 13.6 Å². The lowest BCUT2D eigenvalue weighted by atomic mass is 9.90. The highest BCUT2D eigenvalue weighted by molar-refractivity contribution is 8.15. The number of thioether (sulfide) groups is 2. The van der Waals surface area contributed by atoms with Crippen LogP contribution in [0.1, 0.15) is 85.2 Å². The number of carbonyl (C=O) groups is 1. The van der Waals surface area contributed by atoms with Crippen molar-refractivity contribution >= 4 is 40.8 Å². The van der Waals surface area contributed by atoms with E-state index in [1.54, 1.807) is 23.2 Å². The van der Waals surface area contributed by atoms with E-state index in [2.05, 4.69) is 38.2 Å². The number of alkyl halides is 2. The summed E-state index contributed by atoms with van der Waals surface area (Å²) in [6.07, 6.45) is -0.966. The lowest BCUT2D eigenvalue weighted by Crippen LogP contribution is -2.40. The molecule has 1 fully saturated rings. The Morgan fingerprint density at radius 3 is 2.18 bits per heavy atom. The molecule has 1 aromatic carbocycles. The van der Waals surface area contributed by atoms with Gasteiger partial charge in [-0.05, 0) is 86.9 Å². The number of piperidine rings is 1. The summed E-state index contributed by atoms with van der Waals surface area (Å²) in [7, 11) is 0. The van der Waals surface area contributed by atoms with Gasteiger partial charge in [-0.1, -0.05) is 0 Å². The van der Waals surface area contributed by atoms with Crippen LogP contribution in [0.5, 0.6) is 0 Å². The largest absolute Gasteiger partial charge is 0.341 e. The Bertz CT molecular complexity index is 1310. The summed E-state index contributed by atoms with van der Waals surface area (Å²) in [6.45, 7) is 11.7. The van der Waals surface area contributed by atoms with Gasteiger partial charge in [0.2, 0.25) is 5.91 Å². The molecule has 2 aliphatic heterocycles. The van der Waals surface area contributed by atoms with Gasteiger partial charge in [0.1, 0.15) is 12.2 Å². The Morgan fingerprint density at radius 1 is 1.00 bits per heavy atom. The lowest BCUT2D eigenvalue weighted by molar-refractivity contribution is -0.133. The van der Waals surface area contributed by atoms with Crippen molar-refractivity contribution in [3.05, 3.63) is 66.9 Å². The highest BCUT2D eigenvalue weighted by Gasteiger charge is 2.29. The minimum atomic E-state index is -2.64. The first-order valence-corrected chi connectivity index (χ1v) is 16.0. The molecule has 3 aromatic rings. The third kappa shape index (κ3) is 5.41. The van der Waals surface area contributed by atoms with Crippen LogP contribution in [0, 0.1) is 34.6 Å². The van der Waals surface area contributed by atoms with E-state index in [1.807, 2.05) is 23.5 Å². The van der Waals surface area contributed by atoms with Crippen molar-refractivity contribution in [3.8, 4) is 0 Å². The van der Waals surface area contributed by atoms with Gasteiger partial charge in [0.05, 0.1) is 21.0 Å². The average molecular weight is 577 g/mol. The molecular formula is C28H34F2N4OS3. The van der Waals surface area contributed by atoms with E-state index in [0.717, 1.165) is 39.7 Å². The average Bonchev–Trinajstić information content (AvgIpc) is 3.47. The molecule has 0 N–H and O–H groups in total. The summed E-state index contributed by atoms with van der Waals surface area (Å²) < 4.78 is 28.0. The second kappa shape index (κ2) is 11.3. The Balaban J connectivity index is 1.20. The van der Waals surface area contributed by atoms with Crippen molar-refractivity contribution < 1.29 is 13.6 Å². The molecule has 38 heavy (non-hydrogen) atoms. The second-order valence-corrected chi connectivity index (χ2v) is 13.7. The second-order valence-electron chi connectivity index (χ2n) is 10.3. The van der Waals surface area contributed by atoms with Crippen LogP contribution in [0.3, 0.4) is 0 Å². The fraction of sp³-hybridized carbons (Fsp3) is 0.536. The number of nitrogens with zero attached hydrogens (tertiary/aromatic N) is 4. The first-order valence-electron chi connectivity index (χ1n) is 13.0. The number of fused-ring (bicyclic) bond motifs is 1. The molecule has 0 spiro atoms. The van der Waals surface area contributed by atoms with Gasteiger partial charge in [-0.25, -0.2) is 13.8 Å². The lowest BCUT2D eigenvalue weighted by Gasteiger charge is -2.31. The van der Waals surface area contributed by atoms with E-state index in [0.29, 0.717) is 29.3 Å². The number of carbonyl (C=O) groups excluding carboxylic acids is 1. The number of aryl methyl sites for hydroxylation is 1. The monoisotopic (exact) mass is 576 g/mol. The van der Waals surface area contributed by atoms with Gasteiger partial charge in [-0.2, -0.15) is 5.10 Å². The number of halogens is 2. The van der Waals surface area contributed by atoms with Gasteiger partial charge < -0.3 is 4.90 Å². The van der Waals surface area contributed by atoms with Gasteiger partial charge in [0.25, 0.3) is 6.43 Å². The molecule has 0 radical (unpaired) electrons. The molecule has 204 valence electrons. The molecule has 1 amide bonds. The summed E-state index contributed by atoms with van der Waals surface area (Å²) in [5.41, 5.74) is 10.2. The molecule has 0 atom stereocenters. The number of benzene rings is 1. The van der Waals surface area contributed by atoms with Crippen LogP contribution in [-0.4, -0.2) is 38.7 Å². The van der Waals surface area contributed by atoms with Crippen molar-refractivity contribution in [1.82, 2.24) is 19.7 Å². The number of rotatable bonds is 5. The minimum absolute atomic E-state index is 0.143. The number of thiazole rings is 1. The fourth-order valence-electron chi connectivity index (χ4n) is 5.46. The Morgan fingerprint density at radius 2 is 1.61 bits per heavy atom. The maximum absolute atomic E-state index is 13.3. The molecule has 0 saturated carbocycles. The summed E-state index contributed by atoms with van der Waals surface area (Å²) in [6, 6.07) is 1.35. The highest BCUT2D eigenvalue weighted by atomic mass is 32.2. The molecule has 2 aliphatic rings. The van der Waals surface area contributed by atoms with Crippen molar-refractivity contribution in [1.29, 1.82) is 0 Å². The quantitative estimate of drug-likeness (QED) is 0.317. The number of hydrogen-bond donors (Lipinski definition) is 0. The molecule has 10 heteroatoms. The standard InChI is InChI=1S/C28H34F2N4OS3/c1-15-10-24(26(29)30)34(32-15)11-25(35)33-8-6-20(7-9-33)27-31-23(14-36-27)28-37-12-21-18(4)16(2)17(3)19(5)22(21)13-38-28/h10,14,20,26,28H,6-9,11-13H2,1-5H3. The molecule has 4 heterocycles. The third-order valence-electron chi connectivity index (χ3n) is 8.14. The predicted molar refractivity (Wildman–Crippen MR) is 153 cm³/mol. The first kappa shape index (κ1) is 27.6. The number of hydrogen-bond acceptors (Lipinski definition) is 6. The van der Waals surface area contributed by atoms with Crippen LogP contribution in [0.25, 0.3) is 0 Å². The molecule has 5 nitrogen and oxygen atoms in total. The molecule has 0 unspecified atom stereocenters. The van der Waals surface area contributed by atoms with Crippen LogP contribution < -0.4 is 0 Å². The zero-order valence-electron chi connectivity index (χ0n) is 22.5. The summed E-state index contributed by atoms with van der Waals surface area (Å²) >= 11 is 5.69. The van der Waals surface area contributed by atoms with Crippen LogP contribution in [0.2, 0.25) is 0 Å². The predicted octanol–water partition coefficient (Wildman–Crippen LogP) is 7.40.